The maximum absolute atomic E-state index is 12.0. The second-order valence-corrected chi connectivity index (χ2v) is 5.68. The van der Waals surface area contributed by atoms with Crippen molar-refractivity contribution < 1.29 is 0 Å². The van der Waals surface area contributed by atoms with Crippen LogP contribution in [0.2, 0.25) is 0 Å². The van der Waals surface area contributed by atoms with E-state index in [0.717, 1.165) is 29.1 Å². The molecule has 3 heterocycles. The van der Waals surface area contributed by atoms with Gasteiger partial charge in [0.15, 0.2) is 0 Å². The molecule has 1 aliphatic heterocycles. The van der Waals surface area contributed by atoms with Gasteiger partial charge in [-0.3, -0.25) is 14.8 Å². The lowest BCUT2D eigenvalue weighted by Crippen LogP contribution is -2.25. The van der Waals surface area contributed by atoms with E-state index in [1.807, 2.05) is 26.0 Å². The Bertz CT molecular complexity index is 842. The van der Waals surface area contributed by atoms with Gasteiger partial charge >= 0.3 is 0 Å². The lowest BCUT2D eigenvalue weighted by molar-refractivity contribution is 0.803. The van der Waals surface area contributed by atoms with Crippen molar-refractivity contribution in [1.82, 2.24) is 9.55 Å². The Morgan fingerprint density at radius 3 is 3.00 bits per heavy atom. The molecular weight excluding hydrogens is 276 g/mol. The Kier molecular flexibility index (Phi) is 3.63. The number of aliphatic imine (C=N–C) groups is 1. The van der Waals surface area contributed by atoms with Gasteiger partial charge in [-0.05, 0) is 43.7 Å². The second-order valence-electron chi connectivity index (χ2n) is 5.68. The van der Waals surface area contributed by atoms with Gasteiger partial charge in [0.1, 0.15) is 0 Å². The van der Waals surface area contributed by atoms with Crippen LogP contribution in [0.5, 0.6) is 0 Å². The Morgan fingerprint density at radius 2 is 2.23 bits per heavy atom. The van der Waals surface area contributed by atoms with Crippen LogP contribution in [-0.4, -0.2) is 15.3 Å². The number of rotatable bonds is 3. The Morgan fingerprint density at radius 1 is 1.41 bits per heavy atom. The van der Waals surface area contributed by atoms with Crippen LogP contribution in [0.15, 0.2) is 46.0 Å². The van der Waals surface area contributed by atoms with E-state index in [9.17, 15) is 4.79 Å². The van der Waals surface area contributed by atoms with Crippen LogP contribution >= 0.6 is 0 Å². The van der Waals surface area contributed by atoms with Crippen molar-refractivity contribution >= 4 is 23.2 Å². The molecule has 0 fully saturated rings. The van der Waals surface area contributed by atoms with Crippen molar-refractivity contribution in [3.8, 4) is 0 Å². The highest BCUT2D eigenvalue weighted by Gasteiger charge is 2.18. The first kappa shape index (κ1) is 14.3. The number of nitrogens with zero attached hydrogens (tertiary/aromatic N) is 3. The maximum atomic E-state index is 12.0. The topological polar surface area (TPSA) is 73.3 Å². The van der Waals surface area contributed by atoms with E-state index in [1.165, 1.54) is 5.57 Å². The summed E-state index contributed by atoms with van der Waals surface area (Å²) in [5.41, 5.74) is 10.8. The molecule has 112 valence electrons. The van der Waals surface area contributed by atoms with Crippen LogP contribution in [0.25, 0.3) is 6.08 Å². The number of pyridine rings is 2. The highest BCUT2D eigenvalue weighted by Crippen LogP contribution is 2.30. The van der Waals surface area contributed by atoms with Gasteiger partial charge in [0, 0.05) is 24.5 Å². The lowest BCUT2D eigenvalue weighted by atomic mass is 10.1. The van der Waals surface area contributed by atoms with Gasteiger partial charge in [0.05, 0.1) is 23.6 Å². The summed E-state index contributed by atoms with van der Waals surface area (Å²) in [6, 6.07) is 5.37. The summed E-state index contributed by atoms with van der Waals surface area (Å²) in [4.78, 5) is 21.1. The van der Waals surface area contributed by atoms with Gasteiger partial charge in [-0.2, -0.15) is 0 Å². The molecule has 0 amide bonds. The first-order valence-corrected chi connectivity index (χ1v) is 7.19. The third-order valence-corrected chi connectivity index (χ3v) is 3.53. The van der Waals surface area contributed by atoms with E-state index in [0.29, 0.717) is 6.54 Å². The molecule has 0 saturated heterocycles. The predicted molar refractivity (Wildman–Crippen MR) is 89.5 cm³/mol. The fourth-order valence-corrected chi connectivity index (χ4v) is 2.55. The third-order valence-electron chi connectivity index (χ3n) is 3.53. The van der Waals surface area contributed by atoms with Gasteiger partial charge < -0.3 is 10.3 Å². The fourth-order valence-electron chi connectivity index (χ4n) is 2.55. The smallest absolute Gasteiger partial charge is 0.274 e. The molecule has 0 saturated carbocycles. The molecule has 5 heteroatoms. The molecule has 2 aromatic rings. The Balaban J connectivity index is 1.94. The summed E-state index contributed by atoms with van der Waals surface area (Å²) in [7, 11) is 0. The number of aromatic nitrogens is 2. The summed E-state index contributed by atoms with van der Waals surface area (Å²) >= 11 is 0. The third kappa shape index (κ3) is 2.70. The van der Waals surface area contributed by atoms with Crippen LogP contribution in [-0.2, 0) is 13.0 Å². The number of fused-ring (bicyclic) bond motifs is 1. The quantitative estimate of drug-likeness (QED) is 0.945. The standard InChI is InChI=1S/C17H18N4O/c1-11(2)8-15-16-12(5-6-19-15)9-13(20-16)10-21-7-3-4-14(18)17(21)22/h3-8H,9-10,18H2,1-2H3. The molecule has 0 bridgehead atoms. The zero-order valence-electron chi connectivity index (χ0n) is 12.7. The van der Waals surface area contributed by atoms with Crippen molar-refractivity contribution in [2.75, 3.05) is 5.73 Å². The van der Waals surface area contributed by atoms with E-state index in [2.05, 4.69) is 9.98 Å². The van der Waals surface area contributed by atoms with Gasteiger partial charge in [-0.25, -0.2) is 0 Å². The molecule has 0 radical (unpaired) electrons. The van der Waals surface area contributed by atoms with Gasteiger partial charge in [-0.15, -0.1) is 0 Å². The SMILES string of the molecule is CC(C)=Cc1nccc2c1N=C(Cn1cccc(N)c1=O)C2. The first-order valence-electron chi connectivity index (χ1n) is 7.19. The minimum Gasteiger partial charge on any atom is -0.394 e. The number of hydrogen-bond acceptors (Lipinski definition) is 4. The van der Waals surface area contributed by atoms with Crippen LogP contribution in [0.3, 0.4) is 0 Å². The molecule has 0 aliphatic carbocycles. The van der Waals surface area contributed by atoms with E-state index < -0.39 is 0 Å². The van der Waals surface area contributed by atoms with E-state index in [4.69, 9.17) is 5.73 Å². The van der Waals surface area contributed by atoms with Crippen LogP contribution in [0, 0.1) is 0 Å². The number of nitrogen functional groups attached to an aromatic ring is 1. The average Bonchev–Trinajstić information content (AvgIpc) is 2.87. The monoisotopic (exact) mass is 294 g/mol. The summed E-state index contributed by atoms with van der Waals surface area (Å²) in [5.74, 6) is 0. The maximum Gasteiger partial charge on any atom is 0.274 e. The van der Waals surface area contributed by atoms with Crippen molar-refractivity contribution in [2.45, 2.75) is 26.8 Å². The van der Waals surface area contributed by atoms with E-state index in [1.54, 1.807) is 29.1 Å². The predicted octanol–water partition coefficient (Wildman–Crippen LogP) is 2.58. The van der Waals surface area contributed by atoms with Gasteiger partial charge in [0.2, 0.25) is 0 Å². The second kappa shape index (κ2) is 5.60. The Hall–Kier alpha value is -2.69. The summed E-state index contributed by atoms with van der Waals surface area (Å²) in [6.45, 7) is 4.52. The molecule has 2 N–H and O–H groups in total. The van der Waals surface area contributed by atoms with Crippen molar-refractivity contribution in [2.24, 2.45) is 4.99 Å². The summed E-state index contributed by atoms with van der Waals surface area (Å²) in [5, 5.41) is 0. The highest BCUT2D eigenvalue weighted by atomic mass is 16.1. The normalized spacial score (nSPS) is 12.7. The van der Waals surface area contributed by atoms with Gasteiger partial charge in [0.25, 0.3) is 5.56 Å². The number of nitrogens with two attached hydrogens (primary N) is 1. The molecular formula is C17H18N4O. The van der Waals surface area contributed by atoms with E-state index >= 15 is 0 Å². The molecule has 22 heavy (non-hydrogen) atoms. The average molecular weight is 294 g/mol. The van der Waals surface area contributed by atoms with E-state index in [-0.39, 0.29) is 11.2 Å². The molecule has 1 aliphatic rings. The molecule has 0 unspecified atom stereocenters. The van der Waals surface area contributed by atoms with Crippen LogP contribution < -0.4 is 11.3 Å². The molecule has 2 aromatic heterocycles. The minimum absolute atomic E-state index is 0.177. The zero-order valence-corrected chi connectivity index (χ0v) is 12.7. The molecule has 5 nitrogen and oxygen atoms in total. The molecule has 0 aromatic carbocycles. The molecule has 0 atom stereocenters. The summed E-state index contributed by atoms with van der Waals surface area (Å²) in [6.07, 6.45) is 6.30. The van der Waals surface area contributed by atoms with Crippen LogP contribution in [0.4, 0.5) is 11.4 Å². The first-order chi connectivity index (χ1) is 10.5. The van der Waals surface area contributed by atoms with Gasteiger partial charge in [-0.1, -0.05) is 5.57 Å². The van der Waals surface area contributed by atoms with Crippen molar-refractivity contribution in [3.63, 3.8) is 0 Å². The highest BCUT2D eigenvalue weighted by molar-refractivity contribution is 5.95. The van der Waals surface area contributed by atoms with Crippen molar-refractivity contribution in [1.29, 1.82) is 0 Å². The number of hydrogen-bond donors (Lipinski definition) is 1. The molecule has 3 rings (SSSR count). The fraction of sp³-hybridized carbons (Fsp3) is 0.235. The minimum atomic E-state index is -0.177. The molecule has 0 spiro atoms. The zero-order chi connectivity index (χ0) is 15.7. The lowest BCUT2D eigenvalue weighted by Gasteiger charge is -2.05. The number of allylic oxidation sites excluding steroid dienone is 1. The number of anilines is 1. The summed E-state index contributed by atoms with van der Waals surface area (Å²) < 4.78 is 1.59. The largest absolute Gasteiger partial charge is 0.394 e. The van der Waals surface area contributed by atoms with Crippen LogP contribution in [0.1, 0.15) is 25.1 Å². The van der Waals surface area contributed by atoms with Crippen molar-refractivity contribution in [3.05, 3.63) is 57.8 Å². The Labute approximate surface area is 128 Å².